The lowest BCUT2D eigenvalue weighted by Gasteiger charge is -2.28. The summed E-state index contributed by atoms with van der Waals surface area (Å²) >= 11 is 1.62. The van der Waals surface area contributed by atoms with Crippen LogP contribution in [0.1, 0.15) is 30.4 Å². The second-order valence-electron chi connectivity index (χ2n) is 6.83. The zero-order chi connectivity index (χ0) is 18.9. The number of hydrogen-bond donors (Lipinski definition) is 1. The molecule has 1 saturated heterocycles. The second kappa shape index (κ2) is 10.3. The van der Waals surface area contributed by atoms with E-state index in [1.165, 1.54) is 30.5 Å². The molecule has 0 spiro atoms. The number of nitrogens with one attached hydrogen (secondary N) is 1. The SMILES string of the molecule is COc1ccc(CSCC(=O)NCc2ccc(N3CCCCC3)cc2)cc1. The third kappa shape index (κ3) is 6.21. The molecule has 1 fully saturated rings. The Bertz CT molecular complexity index is 710. The van der Waals surface area contributed by atoms with Gasteiger partial charge in [0.25, 0.3) is 0 Å². The highest BCUT2D eigenvalue weighted by Crippen LogP contribution is 2.20. The van der Waals surface area contributed by atoms with Crippen molar-refractivity contribution >= 4 is 23.4 Å². The highest BCUT2D eigenvalue weighted by Gasteiger charge is 2.10. The molecule has 1 N–H and O–H groups in total. The van der Waals surface area contributed by atoms with E-state index in [-0.39, 0.29) is 5.91 Å². The summed E-state index contributed by atoms with van der Waals surface area (Å²) in [5.41, 5.74) is 3.63. The van der Waals surface area contributed by atoms with Gasteiger partial charge in [-0.1, -0.05) is 24.3 Å². The molecular formula is C22H28N2O2S. The molecule has 0 radical (unpaired) electrons. The van der Waals surface area contributed by atoms with Crippen molar-refractivity contribution in [3.63, 3.8) is 0 Å². The molecule has 3 rings (SSSR count). The minimum absolute atomic E-state index is 0.0774. The Morgan fingerprint density at radius 2 is 1.67 bits per heavy atom. The Balaban J connectivity index is 1.37. The van der Waals surface area contributed by atoms with Gasteiger partial charge in [-0.25, -0.2) is 0 Å². The Labute approximate surface area is 166 Å². The number of rotatable bonds is 8. The first-order chi connectivity index (χ1) is 13.2. The van der Waals surface area contributed by atoms with Gasteiger partial charge in [0.15, 0.2) is 0 Å². The molecule has 144 valence electrons. The normalized spacial score (nSPS) is 14.0. The number of ether oxygens (including phenoxy) is 1. The summed E-state index contributed by atoms with van der Waals surface area (Å²) in [5, 5.41) is 3.01. The van der Waals surface area contributed by atoms with Crippen LogP contribution in [0.15, 0.2) is 48.5 Å². The molecule has 2 aromatic carbocycles. The van der Waals surface area contributed by atoms with Crippen LogP contribution in [-0.4, -0.2) is 31.9 Å². The fourth-order valence-corrected chi connectivity index (χ4v) is 4.03. The van der Waals surface area contributed by atoms with Crippen LogP contribution in [0.25, 0.3) is 0 Å². The summed E-state index contributed by atoms with van der Waals surface area (Å²) in [6, 6.07) is 16.5. The lowest BCUT2D eigenvalue weighted by Crippen LogP contribution is -2.29. The molecular weight excluding hydrogens is 356 g/mol. The number of anilines is 1. The van der Waals surface area contributed by atoms with Crippen LogP contribution in [0, 0.1) is 0 Å². The molecule has 0 aliphatic carbocycles. The van der Waals surface area contributed by atoms with Crippen molar-refractivity contribution < 1.29 is 9.53 Å². The van der Waals surface area contributed by atoms with Crippen molar-refractivity contribution in [2.45, 2.75) is 31.6 Å². The maximum Gasteiger partial charge on any atom is 0.230 e. The van der Waals surface area contributed by atoms with Gasteiger partial charge in [-0.05, 0) is 54.7 Å². The lowest BCUT2D eigenvalue weighted by atomic mass is 10.1. The summed E-state index contributed by atoms with van der Waals surface area (Å²) in [5.74, 6) is 2.22. The Kier molecular flexibility index (Phi) is 7.45. The average molecular weight is 385 g/mol. The smallest absolute Gasteiger partial charge is 0.230 e. The van der Waals surface area contributed by atoms with Crippen molar-refractivity contribution in [1.82, 2.24) is 5.32 Å². The van der Waals surface area contributed by atoms with Gasteiger partial charge in [-0.2, -0.15) is 0 Å². The zero-order valence-electron chi connectivity index (χ0n) is 15.9. The molecule has 4 nitrogen and oxygen atoms in total. The molecule has 0 bridgehead atoms. The van der Waals surface area contributed by atoms with E-state index >= 15 is 0 Å². The molecule has 0 saturated carbocycles. The van der Waals surface area contributed by atoms with E-state index in [2.05, 4.69) is 34.5 Å². The van der Waals surface area contributed by atoms with Gasteiger partial charge < -0.3 is 15.0 Å². The maximum atomic E-state index is 12.1. The fourth-order valence-electron chi connectivity index (χ4n) is 3.21. The number of piperidine rings is 1. The standard InChI is InChI=1S/C22H28N2O2S/c1-26-21-11-7-19(8-12-21)16-27-17-22(25)23-15-18-5-9-20(10-6-18)24-13-3-2-4-14-24/h5-12H,2-4,13-17H2,1H3,(H,23,25). The molecule has 0 unspecified atom stereocenters. The number of amides is 1. The van der Waals surface area contributed by atoms with Gasteiger partial charge in [0, 0.05) is 31.1 Å². The number of hydrogen-bond acceptors (Lipinski definition) is 4. The first kappa shape index (κ1) is 19.6. The van der Waals surface area contributed by atoms with Gasteiger partial charge in [0.1, 0.15) is 5.75 Å². The topological polar surface area (TPSA) is 41.6 Å². The maximum absolute atomic E-state index is 12.1. The van der Waals surface area contributed by atoms with Crippen molar-refractivity contribution in [3.8, 4) is 5.75 Å². The predicted molar refractivity (Wildman–Crippen MR) is 114 cm³/mol. The van der Waals surface area contributed by atoms with Gasteiger partial charge in [0.05, 0.1) is 12.9 Å². The first-order valence-electron chi connectivity index (χ1n) is 9.56. The van der Waals surface area contributed by atoms with Gasteiger partial charge in [-0.15, -0.1) is 11.8 Å². The minimum Gasteiger partial charge on any atom is -0.497 e. The summed E-state index contributed by atoms with van der Waals surface area (Å²) in [7, 11) is 1.66. The van der Waals surface area contributed by atoms with Crippen molar-refractivity contribution in [2.24, 2.45) is 0 Å². The number of nitrogens with zero attached hydrogens (tertiary/aromatic N) is 1. The monoisotopic (exact) mass is 384 g/mol. The average Bonchev–Trinajstić information content (AvgIpc) is 2.74. The minimum atomic E-state index is 0.0774. The van der Waals surface area contributed by atoms with E-state index in [0.717, 1.165) is 30.2 Å². The van der Waals surface area contributed by atoms with Crippen molar-refractivity contribution in [2.75, 3.05) is 30.9 Å². The third-order valence-electron chi connectivity index (χ3n) is 4.81. The lowest BCUT2D eigenvalue weighted by molar-refractivity contribution is -0.118. The van der Waals surface area contributed by atoms with Gasteiger partial charge in [-0.3, -0.25) is 4.79 Å². The Hall–Kier alpha value is -2.14. The number of carbonyl (C=O) groups excluding carboxylic acids is 1. The summed E-state index contributed by atoms with van der Waals surface area (Å²) in [6.45, 7) is 2.89. The third-order valence-corrected chi connectivity index (χ3v) is 5.81. The van der Waals surface area contributed by atoms with Crippen molar-refractivity contribution in [3.05, 3.63) is 59.7 Å². The predicted octanol–water partition coefficient (Wildman–Crippen LogP) is 4.24. The molecule has 0 aromatic heterocycles. The zero-order valence-corrected chi connectivity index (χ0v) is 16.8. The number of carbonyl (C=O) groups is 1. The van der Waals surface area contributed by atoms with E-state index < -0.39 is 0 Å². The Morgan fingerprint density at radius 1 is 1.00 bits per heavy atom. The largest absolute Gasteiger partial charge is 0.497 e. The number of benzene rings is 2. The summed E-state index contributed by atoms with van der Waals surface area (Å²) in [4.78, 5) is 14.5. The highest BCUT2D eigenvalue weighted by atomic mass is 32.2. The molecule has 1 amide bonds. The van der Waals surface area contributed by atoms with Crippen LogP contribution in [0.4, 0.5) is 5.69 Å². The number of methoxy groups -OCH3 is 1. The molecule has 2 aromatic rings. The second-order valence-corrected chi connectivity index (χ2v) is 7.82. The molecule has 1 aliphatic heterocycles. The van der Waals surface area contributed by atoms with E-state index in [9.17, 15) is 4.79 Å². The van der Waals surface area contributed by atoms with Crippen LogP contribution in [0.5, 0.6) is 5.75 Å². The van der Waals surface area contributed by atoms with E-state index in [4.69, 9.17) is 4.74 Å². The van der Waals surface area contributed by atoms with E-state index in [1.807, 2.05) is 24.3 Å². The summed E-state index contributed by atoms with van der Waals surface area (Å²) < 4.78 is 5.15. The highest BCUT2D eigenvalue weighted by molar-refractivity contribution is 7.99. The summed E-state index contributed by atoms with van der Waals surface area (Å²) in [6.07, 6.45) is 3.91. The quantitative estimate of drug-likeness (QED) is 0.739. The van der Waals surface area contributed by atoms with Gasteiger partial charge in [0.2, 0.25) is 5.91 Å². The van der Waals surface area contributed by atoms with Crippen LogP contribution in [-0.2, 0) is 17.1 Å². The molecule has 0 atom stereocenters. The molecule has 5 heteroatoms. The van der Waals surface area contributed by atoms with Crippen LogP contribution >= 0.6 is 11.8 Å². The first-order valence-corrected chi connectivity index (χ1v) is 10.7. The molecule has 27 heavy (non-hydrogen) atoms. The van der Waals surface area contributed by atoms with Crippen LogP contribution in [0.2, 0.25) is 0 Å². The molecule has 1 heterocycles. The van der Waals surface area contributed by atoms with Crippen LogP contribution in [0.3, 0.4) is 0 Å². The van der Waals surface area contributed by atoms with Crippen molar-refractivity contribution in [1.29, 1.82) is 0 Å². The molecule has 1 aliphatic rings. The van der Waals surface area contributed by atoms with E-state index in [1.54, 1.807) is 18.9 Å². The fraction of sp³-hybridized carbons (Fsp3) is 0.409. The van der Waals surface area contributed by atoms with E-state index in [0.29, 0.717) is 12.3 Å². The van der Waals surface area contributed by atoms with Gasteiger partial charge >= 0.3 is 0 Å². The Morgan fingerprint density at radius 3 is 2.33 bits per heavy atom. The number of thioether (sulfide) groups is 1. The van der Waals surface area contributed by atoms with Crippen LogP contribution < -0.4 is 15.0 Å².